The van der Waals surface area contributed by atoms with E-state index in [2.05, 4.69) is 25.8 Å². The first-order chi connectivity index (χ1) is 14.2. The average Bonchev–Trinajstić information content (AvgIpc) is 3.06. The van der Waals surface area contributed by atoms with Crippen molar-refractivity contribution in [1.29, 1.82) is 0 Å². The number of fused-ring (bicyclic) bond motifs is 3. The number of ether oxygens (including phenoxy) is 1. The van der Waals surface area contributed by atoms with E-state index < -0.39 is 0 Å². The monoisotopic (exact) mass is 409 g/mol. The molecular formula is C22H24ClN5O. The van der Waals surface area contributed by atoms with Gasteiger partial charge < -0.3 is 10.5 Å². The van der Waals surface area contributed by atoms with E-state index in [9.17, 15) is 0 Å². The molecule has 1 aliphatic heterocycles. The SMILES string of the molecule is N[C@H]1Cc2cc(Cl)ccc2-n2c(nnc2C2CCC(Oc3ccccn3)CC2)C1. The summed E-state index contributed by atoms with van der Waals surface area (Å²) in [6.07, 6.45) is 7.48. The quantitative estimate of drug-likeness (QED) is 0.710. The zero-order valence-electron chi connectivity index (χ0n) is 16.2. The fraction of sp³-hybridized carbons (Fsp3) is 0.409. The Morgan fingerprint density at radius 3 is 2.69 bits per heavy atom. The van der Waals surface area contributed by atoms with Crippen molar-refractivity contribution in [3.05, 3.63) is 64.8 Å². The summed E-state index contributed by atoms with van der Waals surface area (Å²) in [5, 5.41) is 9.85. The molecule has 0 radical (unpaired) electrons. The van der Waals surface area contributed by atoms with E-state index in [4.69, 9.17) is 22.1 Å². The van der Waals surface area contributed by atoms with Crippen LogP contribution in [0.3, 0.4) is 0 Å². The molecule has 150 valence electrons. The molecule has 6 nitrogen and oxygen atoms in total. The molecule has 2 N–H and O–H groups in total. The van der Waals surface area contributed by atoms with Gasteiger partial charge in [0.05, 0.1) is 5.69 Å². The van der Waals surface area contributed by atoms with Crippen molar-refractivity contribution in [2.75, 3.05) is 0 Å². The minimum atomic E-state index is 0.0213. The van der Waals surface area contributed by atoms with Crippen LogP contribution in [0.15, 0.2) is 42.6 Å². The lowest BCUT2D eigenvalue weighted by molar-refractivity contribution is 0.139. The number of aromatic nitrogens is 4. The van der Waals surface area contributed by atoms with Gasteiger partial charge >= 0.3 is 0 Å². The standard InChI is InChI=1S/C22H24ClN5O/c23-16-6-9-19-15(11-16)12-17(24)13-20-26-27-22(28(19)20)14-4-7-18(8-5-14)29-21-3-1-2-10-25-21/h1-3,6,9-11,14,17-18H,4-5,7-8,12-13,24H2/t14?,17-,18?/m0/s1. The first-order valence-corrected chi connectivity index (χ1v) is 10.6. The van der Waals surface area contributed by atoms with E-state index in [1.165, 1.54) is 0 Å². The van der Waals surface area contributed by atoms with Crippen LogP contribution in [0, 0.1) is 0 Å². The largest absolute Gasteiger partial charge is 0.474 e. The third-order valence-corrected chi connectivity index (χ3v) is 6.16. The van der Waals surface area contributed by atoms with Gasteiger partial charge in [0, 0.05) is 35.7 Å². The van der Waals surface area contributed by atoms with Crippen LogP contribution in [0.25, 0.3) is 5.69 Å². The maximum atomic E-state index is 6.35. The predicted octanol–water partition coefficient (Wildman–Crippen LogP) is 3.85. The summed E-state index contributed by atoms with van der Waals surface area (Å²) in [5.74, 6) is 3.04. The van der Waals surface area contributed by atoms with Crippen LogP contribution >= 0.6 is 11.6 Å². The summed E-state index contributed by atoms with van der Waals surface area (Å²) in [7, 11) is 0. The molecule has 1 aliphatic carbocycles. The molecule has 29 heavy (non-hydrogen) atoms. The Morgan fingerprint density at radius 2 is 1.90 bits per heavy atom. The lowest BCUT2D eigenvalue weighted by Crippen LogP contribution is -2.25. The molecule has 1 atom stereocenters. The normalized spacial score (nSPS) is 23.7. The van der Waals surface area contributed by atoms with E-state index in [0.29, 0.717) is 11.8 Å². The molecule has 0 unspecified atom stereocenters. The summed E-state index contributed by atoms with van der Waals surface area (Å²) in [5.41, 5.74) is 8.63. The second kappa shape index (κ2) is 7.76. The third-order valence-electron chi connectivity index (χ3n) is 5.93. The van der Waals surface area contributed by atoms with Crippen molar-refractivity contribution in [2.45, 2.75) is 56.6 Å². The predicted molar refractivity (Wildman–Crippen MR) is 112 cm³/mol. The molecule has 2 aliphatic rings. The van der Waals surface area contributed by atoms with Crippen molar-refractivity contribution in [3.63, 3.8) is 0 Å². The molecule has 1 saturated carbocycles. The topological polar surface area (TPSA) is 78.9 Å². The molecule has 3 aromatic rings. The molecule has 5 rings (SSSR count). The van der Waals surface area contributed by atoms with Crippen molar-refractivity contribution in [3.8, 4) is 11.6 Å². The van der Waals surface area contributed by atoms with Crippen molar-refractivity contribution >= 4 is 11.6 Å². The van der Waals surface area contributed by atoms with E-state index in [0.717, 1.165) is 66.4 Å². The Kier molecular flexibility index (Phi) is 4.97. The average molecular weight is 410 g/mol. The zero-order chi connectivity index (χ0) is 19.8. The number of nitrogens with zero attached hydrogens (tertiary/aromatic N) is 4. The minimum Gasteiger partial charge on any atom is -0.474 e. The van der Waals surface area contributed by atoms with Gasteiger partial charge in [-0.15, -0.1) is 10.2 Å². The maximum Gasteiger partial charge on any atom is 0.213 e. The lowest BCUT2D eigenvalue weighted by Gasteiger charge is -2.28. The number of pyridine rings is 1. The summed E-state index contributed by atoms with van der Waals surface area (Å²) in [6, 6.07) is 11.8. The summed E-state index contributed by atoms with van der Waals surface area (Å²) in [6.45, 7) is 0. The van der Waals surface area contributed by atoms with Crippen LogP contribution in [0.4, 0.5) is 0 Å². The molecule has 0 spiro atoms. The van der Waals surface area contributed by atoms with Crippen LogP contribution in [0.2, 0.25) is 5.02 Å². The zero-order valence-corrected chi connectivity index (χ0v) is 16.9. The Balaban J connectivity index is 1.38. The Bertz CT molecular complexity index is 998. The van der Waals surface area contributed by atoms with E-state index in [1.54, 1.807) is 6.20 Å². The number of nitrogens with two attached hydrogens (primary N) is 1. The molecule has 0 amide bonds. The lowest BCUT2D eigenvalue weighted by atomic mass is 9.86. The molecule has 0 saturated heterocycles. The van der Waals surface area contributed by atoms with Gasteiger partial charge in [0.1, 0.15) is 17.8 Å². The number of hydrogen-bond donors (Lipinski definition) is 1. The number of hydrogen-bond acceptors (Lipinski definition) is 5. The second-order valence-corrected chi connectivity index (χ2v) is 8.45. The van der Waals surface area contributed by atoms with E-state index in [1.807, 2.05) is 30.3 Å². The number of halogens is 1. The molecular weight excluding hydrogens is 386 g/mol. The summed E-state index contributed by atoms with van der Waals surface area (Å²) < 4.78 is 8.28. The first kappa shape index (κ1) is 18.6. The first-order valence-electron chi connectivity index (χ1n) is 10.2. The molecule has 7 heteroatoms. The molecule has 2 aromatic heterocycles. The van der Waals surface area contributed by atoms with Gasteiger partial charge in [-0.05, 0) is 61.9 Å². The van der Waals surface area contributed by atoms with Gasteiger partial charge in [-0.25, -0.2) is 4.98 Å². The highest BCUT2D eigenvalue weighted by molar-refractivity contribution is 6.30. The maximum absolute atomic E-state index is 6.35. The van der Waals surface area contributed by atoms with Crippen LogP contribution in [0.5, 0.6) is 5.88 Å². The molecule has 1 fully saturated rings. The highest BCUT2D eigenvalue weighted by atomic mass is 35.5. The van der Waals surface area contributed by atoms with Gasteiger partial charge in [-0.1, -0.05) is 17.7 Å². The third kappa shape index (κ3) is 3.74. The highest BCUT2D eigenvalue weighted by Crippen LogP contribution is 2.36. The van der Waals surface area contributed by atoms with Crippen LogP contribution < -0.4 is 10.5 Å². The number of benzene rings is 1. The Morgan fingerprint density at radius 1 is 1.03 bits per heavy atom. The summed E-state index contributed by atoms with van der Waals surface area (Å²) in [4.78, 5) is 4.28. The van der Waals surface area contributed by atoms with Gasteiger partial charge in [0.2, 0.25) is 5.88 Å². The molecule has 0 bridgehead atoms. The van der Waals surface area contributed by atoms with Gasteiger partial charge in [0.25, 0.3) is 0 Å². The van der Waals surface area contributed by atoms with Gasteiger partial charge in [0.15, 0.2) is 0 Å². The fourth-order valence-corrected chi connectivity index (χ4v) is 4.74. The highest BCUT2D eigenvalue weighted by Gasteiger charge is 2.31. The van der Waals surface area contributed by atoms with E-state index >= 15 is 0 Å². The Hall–Kier alpha value is -2.44. The fourth-order valence-electron chi connectivity index (χ4n) is 4.54. The van der Waals surface area contributed by atoms with Crippen molar-refractivity contribution < 1.29 is 4.74 Å². The van der Waals surface area contributed by atoms with Crippen LogP contribution in [-0.4, -0.2) is 31.9 Å². The summed E-state index contributed by atoms with van der Waals surface area (Å²) >= 11 is 6.25. The Labute approximate surface area is 175 Å². The van der Waals surface area contributed by atoms with Crippen molar-refractivity contribution in [1.82, 2.24) is 19.7 Å². The minimum absolute atomic E-state index is 0.0213. The smallest absolute Gasteiger partial charge is 0.213 e. The van der Waals surface area contributed by atoms with Gasteiger partial charge in [-0.3, -0.25) is 4.57 Å². The number of rotatable bonds is 3. The van der Waals surface area contributed by atoms with Crippen LogP contribution in [0.1, 0.15) is 48.8 Å². The van der Waals surface area contributed by atoms with Gasteiger partial charge in [-0.2, -0.15) is 0 Å². The van der Waals surface area contributed by atoms with Crippen LogP contribution in [-0.2, 0) is 12.8 Å². The van der Waals surface area contributed by atoms with E-state index in [-0.39, 0.29) is 12.1 Å². The second-order valence-electron chi connectivity index (χ2n) is 8.01. The van der Waals surface area contributed by atoms with Crippen molar-refractivity contribution in [2.24, 2.45) is 5.73 Å². The molecule has 1 aromatic carbocycles. The molecule has 3 heterocycles.